The number of aryl methyl sites for hydroxylation is 1. The lowest BCUT2D eigenvalue weighted by molar-refractivity contribution is -0.121. The van der Waals surface area contributed by atoms with Crippen molar-refractivity contribution in [3.8, 4) is 0 Å². The van der Waals surface area contributed by atoms with Crippen LogP contribution in [0.2, 0.25) is 0 Å². The average molecular weight is 247 g/mol. The number of hydrogen-bond donors (Lipinski definition) is 2. The van der Waals surface area contributed by atoms with Gasteiger partial charge in [-0.15, -0.1) is 0 Å². The molecule has 0 radical (unpaired) electrons. The zero-order valence-corrected chi connectivity index (χ0v) is 10.8. The van der Waals surface area contributed by atoms with Gasteiger partial charge in [-0.05, 0) is 31.0 Å². The van der Waals surface area contributed by atoms with Gasteiger partial charge in [0.25, 0.3) is 0 Å². The molecule has 0 spiro atoms. The Bertz CT molecular complexity index is 433. The fourth-order valence-corrected chi connectivity index (χ4v) is 2.74. The number of amides is 1. The molecule has 2 rings (SSSR count). The first-order valence-corrected chi connectivity index (χ1v) is 6.42. The minimum Gasteiger partial charge on any atom is -0.369 e. The van der Waals surface area contributed by atoms with Crippen molar-refractivity contribution in [1.82, 2.24) is 4.90 Å². The van der Waals surface area contributed by atoms with Crippen molar-refractivity contribution < 1.29 is 4.79 Å². The van der Waals surface area contributed by atoms with Crippen LogP contribution >= 0.6 is 0 Å². The fraction of sp³-hybridized carbons (Fsp3) is 0.500. The summed E-state index contributed by atoms with van der Waals surface area (Å²) < 4.78 is 0. The lowest BCUT2D eigenvalue weighted by Gasteiger charge is -2.28. The van der Waals surface area contributed by atoms with Gasteiger partial charge in [0.2, 0.25) is 5.91 Å². The van der Waals surface area contributed by atoms with Crippen LogP contribution in [-0.4, -0.2) is 30.4 Å². The van der Waals surface area contributed by atoms with Crippen molar-refractivity contribution in [2.24, 2.45) is 17.4 Å². The highest BCUT2D eigenvalue weighted by atomic mass is 16.1. The molecule has 1 aromatic carbocycles. The van der Waals surface area contributed by atoms with E-state index in [0.29, 0.717) is 6.54 Å². The standard InChI is InChI=1S/C14H21N3O/c1-10-4-2-3-5-12(10)13(8-15)17-7-6-11(9-17)14(16)18/h2-5,11,13H,6-9,15H2,1H3,(H2,16,18). The first-order chi connectivity index (χ1) is 8.63. The molecule has 4 heteroatoms. The molecule has 1 amide bonds. The Kier molecular flexibility index (Phi) is 3.99. The van der Waals surface area contributed by atoms with Crippen molar-refractivity contribution >= 4 is 5.91 Å². The van der Waals surface area contributed by atoms with Gasteiger partial charge in [0, 0.05) is 19.1 Å². The first kappa shape index (κ1) is 13.1. The van der Waals surface area contributed by atoms with E-state index in [2.05, 4.69) is 24.0 Å². The topological polar surface area (TPSA) is 72.3 Å². The number of nitrogens with two attached hydrogens (primary N) is 2. The molecular weight excluding hydrogens is 226 g/mol. The van der Waals surface area contributed by atoms with Crippen LogP contribution in [0.25, 0.3) is 0 Å². The van der Waals surface area contributed by atoms with Gasteiger partial charge in [0.1, 0.15) is 0 Å². The molecule has 1 saturated heterocycles. The van der Waals surface area contributed by atoms with E-state index in [9.17, 15) is 4.79 Å². The van der Waals surface area contributed by atoms with Gasteiger partial charge in [-0.25, -0.2) is 0 Å². The molecule has 1 aromatic rings. The normalized spacial score (nSPS) is 22.0. The van der Waals surface area contributed by atoms with Crippen LogP contribution in [0, 0.1) is 12.8 Å². The zero-order valence-electron chi connectivity index (χ0n) is 10.8. The molecule has 4 N–H and O–H groups in total. The smallest absolute Gasteiger partial charge is 0.221 e. The van der Waals surface area contributed by atoms with Gasteiger partial charge < -0.3 is 11.5 Å². The van der Waals surface area contributed by atoms with Gasteiger partial charge in [0.15, 0.2) is 0 Å². The zero-order chi connectivity index (χ0) is 13.1. The number of nitrogens with zero attached hydrogens (tertiary/aromatic N) is 1. The molecule has 0 bridgehead atoms. The highest BCUT2D eigenvalue weighted by molar-refractivity contribution is 5.77. The third-order valence-electron chi connectivity index (χ3n) is 3.83. The number of likely N-dealkylation sites (tertiary alicyclic amines) is 1. The molecule has 1 heterocycles. The number of rotatable bonds is 4. The Morgan fingerprint density at radius 2 is 2.22 bits per heavy atom. The number of carbonyl (C=O) groups excluding carboxylic acids is 1. The maximum absolute atomic E-state index is 11.2. The highest BCUT2D eigenvalue weighted by Gasteiger charge is 2.31. The molecule has 1 aliphatic rings. The number of primary amides is 1. The Balaban J connectivity index is 2.16. The predicted octanol–water partition coefficient (Wildman–Crippen LogP) is 0.802. The van der Waals surface area contributed by atoms with E-state index in [1.165, 1.54) is 11.1 Å². The summed E-state index contributed by atoms with van der Waals surface area (Å²) in [5.74, 6) is -0.221. The molecular formula is C14H21N3O. The summed E-state index contributed by atoms with van der Waals surface area (Å²) in [4.78, 5) is 13.5. The van der Waals surface area contributed by atoms with Gasteiger partial charge in [0.05, 0.1) is 5.92 Å². The predicted molar refractivity (Wildman–Crippen MR) is 71.8 cm³/mol. The molecule has 0 saturated carbocycles. The number of hydrogen-bond acceptors (Lipinski definition) is 3. The second-order valence-corrected chi connectivity index (χ2v) is 4.99. The van der Waals surface area contributed by atoms with Crippen molar-refractivity contribution in [1.29, 1.82) is 0 Å². The summed E-state index contributed by atoms with van der Waals surface area (Å²) in [6.45, 7) is 4.28. The number of benzene rings is 1. The molecule has 18 heavy (non-hydrogen) atoms. The van der Waals surface area contributed by atoms with Gasteiger partial charge in [-0.3, -0.25) is 9.69 Å². The van der Waals surface area contributed by atoms with Crippen molar-refractivity contribution in [3.63, 3.8) is 0 Å². The summed E-state index contributed by atoms with van der Waals surface area (Å²) in [5, 5.41) is 0. The maximum Gasteiger partial charge on any atom is 0.221 e. The molecule has 1 aliphatic heterocycles. The van der Waals surface area contributed by atoms with Crippen LogP contribution in [0.5, 0.6) is 0 Å². The van der Waals surface area contributed by atoms with Gasteiger partial charge in [-0.2, -0.15) is 0 Å². The summed E-state index contributed by atoms with van der Waals surface area (Å²) in [6, 6.07) is 8.47. The Labute approximate surface area is 108 Å². The van der Waals surface area contributed by atoms with Crippen LogP contribution in [0.15, 0.2) is 24.3 Å². The third-order valence-corrected chi connectivity index (χ3v) is 3.83. The quantitative estimate of drug-likeness (QED) is 0.826. The van der Waals surface area contributed by atoms with E-state index in [-0.39, 0.29) is 17.9 Å². The van der Waals surface area contributed by atoms with Crippen LogP contribution in [-0.2, 0) is 4.79 Å². The van der Waals surface area contributed by atoms with Crippen molar-refractivity contribution in [2.45, 2.75) is 19.4 Å². The summed E-state index contributed by atoms with van der Waals surface area (Å²) >= 11 is 0. The SMILES string of the molecule is Cc1ccccc1C(CN)N1CCC(C(N)=O)C1. The van der Waals surface area contributed by atoms with Crippen molar-refractivity contribution in [2.75, 3.05) is 19.6 Å². The second-order valence-electron chi connectivity index (χ2n) is 4.99. The summed E-state index contributed by atoms with van der Waals surface area (Å²) in [6.07, 6.45) is 0.845. The lowest BCUT2D eigenvalue weighted by atomic mass is 10.00. The number of carbonyl (C=O) groups is 1. The van der Waals surface area contributed by atoms with E-state index >= 15 is 0 Å². The molecule has 2 atom stereocenters. The van der Waals surface area contributed by atoms with Crippen LogP contribution in [0.4, 0.5) is 0 Å². The first-order valence-electron chi connectivity index (χ1n) is 6.42. The maximum atomic E-state index is 11.2. The molecule has 0 aliphatic carbocycles. The summed E-state index contributed by atoms with van der Waals surface area (Å²) in [5.41, 5.74) is 13.8. The summed E-state index contributed by atoms with van der Waals surface area (Å²) in [7, 11) is 0. The third kappa shape index (κ3) is 2.54. The van der Waals surface area contributed by atoms with Crippen LogP contribution in [0.1, 0.15) is 23.6 Å². The Hall–Kier alpha value is -1.39. The van der Waals surface area contributed by atoms with E-state index < -0.39 is 0 Å². The molecule has 4 nitrogen and oxygen atoms in total. The molecule has 2 unspecified atom stereocenters. The van der Waals surface area contributed by atoms with E-state index in [0.717, 1.165) is 19.5 Å². The largest absolute Gasteiger partial charge is 0.369 e. The van der Waals surface area contributed by atoms with E-state index in [1.807, 2.05) is 12.1 Å². The second kappa shape index (κ2) is 5.50. The molecule has 0 aromatic heterocycles. The van der Waals surface area contributed by atoms with Crippen molar-refractivity contribution in [3.05, 3.63) is 35.4 Å². The Morgan fingerprint density at radius 3 is 2.78 bits per heavy atom. The van der Waals surface area contributed by atoms with Crippen LogP contribution < -0.4 is 11.5 Å². The minimum absolute atomic E-state index is 0.0249. The molecule has 98 valence electrons. The monoisotopic (exact) mass is 247 g/mol. The van der Waals surface area contributed by atoms with E-state index in [4.69, 9.17) is 11.5 Å². The van der Waals surface area contributed by atoms with E-state index in [1.54, 1.807) is 0 Å². The fourth-order valence-electron chi connectivity index (χ4n) is 2.74. The highest BCUT2D eigenvalue weighted by Crippen LogP contribution is 2.28. The lowest BCUT2D eigenvalue weighted by Crippen LogP contribution is -2.34. The van der Waals surface area contributed by atoms with Gasteiger partial charge >= 0.3 is 0 Å². The molecule has 1 fully saturated rings. The van der Waals surface area contributed by atoms with Gasteiger partial charge in [-0.1, -0.05) is 24.3 Å². The Morgan fingerprint density at radius 1 is 1.50 bits per heavy atom. The minimum atomic E-state index is -0.196. The van der Waals surface area contributed by atoms with Crippen LogP contribution in [0.3, 0.4) is 0 Å². The average Bonchev–Trinajstić information content (AvgIpc) is 2.82.